The second-order valence-corrected chi connectivity index (χ2v) is 8.85. The largest absolute Gasteiger partial charge is 0.455 e. The number of thiophene rings is 1. The highest BCUT2D eigenvalue weighted by atomic mass is 35.5. The molecule has 6 nitrogen and oxygen atoms in total. The van der Waals surface area contributed by atoms with Crippen LogP contribution in [0.4, 0.5) is 5.00 Å². The predicted octanol–water partition coefficient (Wildman–Crippen LogP) is 2.40. The lowest BCUT2D eigenvalue weighted by Crippen LogP contribution is -2.27. The Morgan fingerprint density at radius 2 is 2.00 bits per heavy atom. The Morgan fingerprint density at radius 3 is 2.58 bits per heavy atom. The van der Waals surface area contributed by atoms with Crippen molar-refractivity contribution in [3.05, 3.63) is 16.0 Å². The molecule has 0 saturated heterocycles. The lowest BCUT2D eigenvalue weighted by molar-refractivity contribution is -0.152. The number of primary amides is 1. The highest BCUT2D eigenvalue weighted by Crippen LogP contribution is 2.64. The van der Waals surface area contributed by atoms with E-state index in [1.165, 1.54) is 11.3 Å². The fourth-order valence-electron chi connectivity index (χ4n) is 2.83. The van der Waals surface area contributed by atoms with Crippen molar-refractivity contribution in [2.45, 2.75) is 36.9 Å². The fourth-order valence-corrected chi connectivity index (χ4v) is 4.83. The number of nitrogens with one attached hydrogen (secondary N) is 1. The first-order valence-electron chi connectivity index (χ1n) is 7.45. The number of ether oxygens (including phenoxy) is 1. The molecule has 0 aliphatic heterocycles. The molecule has 1 unspecified atom stereocenters. The molecule has 24 heavy (non-hydrogen) atoms. The summed E-state index contributed by atoms with van der Waals surface area (Å²) < 4.78 is 3.84. The minimum Gasteiger partial charge on any atom is -0.455 e. The van der Waals surface area contributed by atoms with Gasteiger partial charge in [-0.05, 0) is 31.7 Å². The van der Waals surface area contributed by atoms with Gasteiger partial charge in [0.1, 0.15) is 14.7 Å². The van der Waals surface area contributed by atoms with E-state index in [9.17, 15) is 14.4 Å². The van der Waals surface area contributed by atoms with Gasteiger partial charge in [-0.2, -0.15) is 0 Å². The van der Waals surface area contributed by atoms with Crippen LogP contribution in [-0.4, -0.2) is 28.7 Å². The number of carbonyl (C=O) groups is 3. The summed E-state index contributed by atoms with van der Waals surface area (Å²) in [7, 11) is 0. The van der Waals surface area contributed by atoms with Crippen molar-refractivity contribution in [2.75, 3.05) is 11.9 Å². The molecule has 0 aromatic carbocycles. The van der Waals surface area contributed by atoms with Gasteiger partial charge in [-0.25, -0.2) is 0 Å². The van der Waals surface area contributed by atoms with E-state index in [0.29, 0.717) is 10.6 Å². The Kier molecular flexibility index (Phi) is 4.30. The molecule has 1 atom stereocenters. The van der Waals surface area contributed by atoms with Crippen LogP contribution in [-0.2, 0) is 27.2 Å². The number of anilines is 1. The van der Waals surface area contributed by atoms with Crippen LogP contribution in [0.15, 0.2) is 0 Å². The summed E-state index contributed by atoms with van der Waals surface area (Å²) in [5, 5.41) is 3.02. The van der Waals surface area contributed by atoms with Crippen LogP contribution in [0.1, 0.15) is 40.6 Å². The third-order valence-corrected chi connectivity index (χ3v) is 6.77. The number of rotatable bonds is 5. The van der Waals surface area contributed by atoms with E-state index in [1.54, 1.807) is 6.92 Å². The van der Waals surface area contributed by atoms with Gasteiger partial charge in [0.25, 0.3) is 11.8 Å². The molecule has 0 bridgehead atoms. The van der Waals surface area contributed by atoms with Gasteiger partial charge < -0.3 is 15.8 Å². The molecule has 1 aromatic rings. The Hall–Kier alpha value is -1.31. The van der Waals surface area contributed by atoms with E-state index >= 15 is 0 Å². The summed E-state index contributed by atoms with van der Waals surface area (Å²) in [6.07, 6.45) is 2.91. The van der Waals surface area contributed by atoms with Crippen molar-refractivity contribution in [3.63, 3.8) is 0 Å². The van der Waals surface area contributed by atoms with Gasteiger partial charge in [0.2, 0.25) is 0 Å². The second-order valence-electron chi connectivity index (χ2n) is 6.26. The zero-order valence-electron chi connectivity index (χ0n) is 12.9. The number of fused-ring (bicyclic) bond motifs is 1. The van der Waals surface area contributed by atoms with Gasteiger partial charge in [-0.15, -0.1) is 34.5 Å². The van der Waals surface area contributed by atoms with Gasteiger partial charge in [-0.3, -0.25) is 14.4 Å². The van der Waals surface area contributed by atoms with E-state index in [-0.39, 0.29) is 6.42 Å². The minimum atomic E-state index is -1.14. The van der Waals surface area contributed by atoms with Crippen molar-refractivity contribution in [1.82, 2.24) is 0 Å². The average molecular weight is 391 g/mol. The molecule has 1 aromatic heterocycles. The van der Waals surface area contributed by atoms with Crippen molar-refractivity contribution in [3.8, 4) is 0 Å². The molecular weight excluding hydrogens is 375 g/mol. The summed E-state index contributed by atoms with van der Waals surface area (Å²) in [4.78, 5) is 36.7. The standard InChI is InChI=1S/C15H16Cl2N2O4S/c1-14(6-15(14,16)17)13(22)23-5-9(20)19-12-10(11(18)21)7-3-2-4-8(7)24-12/h2-6H2,1H3,(H2,18,21)(H,19,20). The number of alkyl halides is 2. The van der Waals surface area contributed by atoms with Crippen LogP contribution in [0.3, 0.4) is 0 Å². The van der Waals surface area contributed by atoms with Crippen LogP contribution in [0.25, 0.3) is 0 Å². The maximum Gasteiger partial charge on any atom is 0.315 e. The SMILES string of the molecule is CC1(C(=O)OCC(=O)Nc2sc3c(c2C(N)=O)CCC3)CC1(Cl)Cl. The topological polar surface area (TPSA) is 98.5 Å². The van der Waals surface area contributed by atoms with Crippen LogP contribution in [0, 0.1) is 5.41 Å². The molecule has 1 saturated carbocycles. The van der Waals surface area contributed by atoms with E-state index in [4.69, 9.17) is 33.7 Å². The van der Waals surface area contributed by atoms with Crippen LogP contribution in [0.5, 0.6) is 0 Å². The minimum absolute atomic E-state index is 0.285. The number of esters is 1. The van der Waals surface area contributed by atoms with Crippen LogP contribution >= 0.6 is 34.5 Å². The zero-order chi connectivity index (χ0) is 17.7. The number of hydrogen-bond donors (Lipinski definition) is 2. The Balaban J connectivity index is 1.62. The fraction of sp³-hybridized carbons (Fsp3) is 0.533. The molecule has 0 spiro atoms. The molecule has 1 heterocycles. The molecule has 1 fully saturated rings. The van der Waals surface area contributed by atoms with Gasteiger partial charge in [0.15, 0.2) is 6.61 Å². The Bertz CT molecular complexity index is 746. The monoisotopic (exact) mass is 390 g/mol. The maximum atomic E-state index is 12.0. The summed E-state index contributed by atoms with van der Waals surface area (Å²) in [6.45, 7) is 1.11. The average Bonchev–Trinajstić information content (AvgIpc) is 2.83. The molecular formula is C15H16Cl2N2O4S. The van der Waals surface area contributed by atoms with E-state index in [2.05, 4.69) is 5.32 Å². The van der Waals surface area contributed by atoms with Crippen LogP contribution < -0.4 is 11.1 Å². The Labute approximate surface area is 152 Å². The summed E-state index contributed by atoms with van der Waals surface area (Å²) in [6, 6.07) is 0. The lowest BCUT2D eigenvalue weighted by Gasteiger charge is -2.12. The summed E-state index contributed by atoms with van der Waals surface area (Å²) in [5.41, 5.74) is 5.72. The number of halogens is 2. The number of hydrogen-bond acceptors (Lipinski definition) is 5. The molecule has 3 N–H and O–H groups in total. The highest BCUT2D eigenvalue weighted by Gasteiger charge is 2.69. The molecule has 2 aliphatic rings. The van der Waals surface area contributed by atoms with Crippen molar-refractivity contribution in [1.29, 1.82) is 0 Å². The molecule has 9 heteroatoms. The molecule has 2 aliphatic carbocycles. The van der Waals surface area contributed by atoms with Gasteiger partial charge in [0.05, 0.1) is 5.56 Å². The summed E-state index contributed by atoms with van der Waals surface area (Å²) >= 11 is 13.1. The molecule has 0 radical (unpaired) electrons. The van der Waals surface area contributed by atoms with E-state index in [1.807, 2.05) is 0 Å². The number of aryl methyl sites for hydroxylation is 1. The Morgan fingerprint density at radius 1 is 1.33 bits per heavy atom. The van der Waals surface area contributed by atoms with Gasteiger partial charge in [0, 0.05) is 11.3 Å². The third-order valence-electron chi connectivity index (χ3n) is 4.46. The van der Waals surface area contributed by atoms with Gasteiger partial charge >= 0.3 is 5.97 Å². The first kappa shape index (κ1) is 17.5. The third kappa shape index (κ3) is 2.89. The van der Waals surface area contributed by atoms with E-state index < -0.39 is 34.1 Å². The predicted molar refractivity (Wildman–Crippen MR) is 91.6 cm³/mol. The first-order valence-corrected chi connectivity index (χ1v) is 9.02. The first-order chi connectivity index (χ1) is 11.2. The maximum absolute atomic E-state index is 12.0. The molecule has 130 valence electrons. The number of carbonyl (C=O) groups excluding carboxylic acids is 3. The van der Waals surface area contributed by atoms with Crippen molar-refractivity contribution in [2.24, 2.45) is 11.1 Å². The molecule has 2 amide bonds. The summed E-state index contributed by atoms with van der Waals surface area (Å²) in [5.74, 6) is -1.72. The smallest absolute Gasteiger partial charge is 0.315 e. The van der Waals surface area contributed by atoms with E-state index in [0.717, 1.165) is 29.7 Å². The van der Waals surface area contributed by atoms with Crippen molar-refractivity contribution >= 4 is 57.3 Å². The van der Waals surface area contributed by atoms with Crippen molar-refractivity contribution < 1.29 is 19.1 Å². The van der Waals surface area contributed by atoms with Gasteiger partial charge in [-0.1, -0.05) is 0 Å². The van der Waals surface area contributed by atoms with Crippen LogP contribution in [0.2, 0.25) is 0 Å². The number of amides is 2. The quantitative estimate of drug-likeness (QED) is 0.595. The lowest BCUT2D eigenvalue weighted by atomic mass is 10.1. The zero-order valence-corrected chi connectivity index (χ0v) is 15.2. The highest BCUT2D eigenvalue weighted by molar-refractivity contribution is 7.17. The second kappa shape index (κ2) is 5.89. The number of nitrogens with two attached hydrogens (primary N) is 1. The molecule has 3 rings (SSSR count). The normalized spacial score (nSPS) is 23.5.